The van der Waals surface area contributed by atoms with Gasteiger partial charge in [-0.25, -0.2) is 4.79 Å². The van der Waals surface area contributed by atoms with Crippen LogP contribution in [-0.4, -0.2) is 74.7 Å². The highest BCUT2D eigenvalue weighted by atomic mass is 32.2. The molecule has 0 aromatic rings. The van der Waals surface area contributed by atoms with Crippen molar-refractivity contribution in [1.82, 2.24) is 10.2 Å². The number of aliphatic carboxylic acids is 2. The van der Waals surface area contributed by atoms with Gasteiger partial charge in [0.2, 0.25) is 5.91 Å². The minimum Gasteiger partial charge on any atom is -0.480 e. The highest BCUT2D eigenvalue weighted by molar-refractivity contribution is 8.00. The number of β-lactam (4-membered cyclic amide) rings is 1. The quantitative estimate of drug-likeness (QED) is 0.196. The third-order valence-electron chi connectivity index (χ3n) is 4.50. The third-order valence-corrected chi connectivity index (χ3v) is 5.84. The second kappa shape index (κ2) is 9.74. The van der Waals surface area contributed by atoms with Gasteiger partial charge in [-0.3, -0.25) is 24.1 Å². The Labute approximate surface area is 170 Å². The lowest BCUT2D eigenvalue weighted by Crippen LogP contribution is -2.70. The molecule has 29 heavy (non-hydrogen) atoms. The van der Waals surface area contributed by atoms with Crippen LogP contribution in [0.1, 0.15) is 32.6 Å². The van der Waals surface area contributed by atoms with Crippen molar-refractivity contribution in [3.63, 3.8) is 0 Å². The SMILES string of the molecule is CC(=O)OCC1=C(C(=O)O)N2C(=O)[C@@H](NC(=O)CCCC[C@@H](N)C(=O)O)[C@H]2SC1. The molecule has 1 saturated heterocycles. The zero-order chi connectivity index (χ0) is 21.7. The van der Waals surface area contributed by atoms with Crippen LogP contribution in [0.5, 0.6) is 0 Å². The molecular formula is C17H23N3O8S. The van der Waals surface area contributed by atoms with Gasteiger partial charge in [0.25, 0.3) is 5.91 Å². The van der Waals surface area contributed by atoms with E-state index < -0.39 is 41.3 Å². The molecule has 0 aromatic carbocycles. The first-order chi connectivity index (χ1) is 13.6. The Balaban J connectivity index is 1.90. The Hall–Kier alpha value is -2.60. The van der Waals surface area contributed by atoms with E-state index in [1.54, 1.807) is 0 Å². The predicted molar refractivity (Wildman–Crippen MR) is 100 cm³/mol. The van der Waals surface area contributed by atoms with E-state index in [1.807, 2.05) is 0 Å². The number of nitrogens with one attached hydrogen (secondary N) is 1. The van der Waals surface area contributed by atoms with Crippen LogP contribution in [0, 0.1) is 0 Å². The molecule has 160 valence electrons. The molecule has 2 rings (SSSR count). The van der Waals surface area contributed by atoms with Crippen LogP contribution in [0.15, 0.2) is 11.3 Å². The van der Waals surface area contributed by atoms with Crippen LogP contribution in [0.4, 0.5) is 0 Å². The summed E-state index contributed by atoms with van der Waals surface area (Å²) in [6.45, 7) is 0.992. The Morgan fingerprint density at radius 3 is 2.59 bits per heavy atom. The number of nitrogens with two attached hydrogens (primary N) is 1. The zero-order valence-electron chi connectivity index (χ0n) is 15.8. The summed E-state index contributed by atoms with van der Waals surface area (Å²) < 4.78 is 4.86. The minimum absolute atomic E-state index is 0.104. The van der Waals surface area contributed by atoms with Gasteiger partial charge in [-0.1, -0.05) is 6.42 Å². The number of hydrogen-bond donors (Lipinski definition) is 4. The number of carbonyl (C=O) groups is 5. The summed E-state index contributed by atoms with van der Waals surface area (Å²) in [6.07, 6.45) is 1.22. The number of carbonyl (C=O) groups excluding carboxylic acids is 3. The molecule has 12 heteroatoms. The number of fused-ring (bicyclic) bond motifs is 1. The van der Waals surface area contributed by atoms with Crippen molar-refractivity contribution in [3.8, 4) is 0 Å². The zero-order valence-corrected chi connectivity index (χ0v) is 16.6. The van der Waals surface area contributed by atoms with Crippen LogP contribution in [0.2, 0.25) is 0 Å². The van der Waals surface area contributed by atoms with Gasteiger partial charge in [0, 0.05) is 24.7 Å². The molecule has 2 amide bonds. The molecule has 0 spiro atoms. The van der Waals surface area contributed by atoms with E-state index in [4.69, 9.17) is 15.6 Å². The molecular weight excluding hydrogens is 406 g/mol. The van der Waals surface area contributed by atoms with Crippen molar-refractivity contribution < 1.29 is 38.9 Å². The largest absolute Gasteiger partial charge is 0.480 e. The highest BCUT2D eigenvalue weighted by Crippen LogP contribution is 2.40. The average molecular weight is 429 g/mol. The summed E-state index contributed by atoms with van der Waals surface area (Å²) in [5, 5.41) is 20.2. The smallest absolute Gasteiger partial charge is 0.352 e. The summed E-state index contributed by atoms with van der Waals surface area (Å²) in [4.78, 5) is 58.8. The van der Waals surface area contributed by atoms with Gasteiger partial charge in [0.1, 0.15) is 29.8 Å². The standard InChI is InChI=1S/C17H23N3O8S/c1-8(21)28-6-9-7-29-15-12(14(23)20(15)13(9)17(26)27)19-11(22)5-3-2-4-10(18)16(24)25/h10,12,15H,2-7,18H2,1H3,(H,19,22)(H,24,25)(H,26,27)/t10-,12-,15-/m1/s1. The fourth-order valence-electron chi connectivity index (χ4n) is 3.00. The topological polar surface area (TPSA) is 176 Å². The second-order valence-corrected chi connectivity index (χ2v) is 7.79. The summed E-state index contributed by atoms with van der Waals surface area (Å²) in [7, 11) is 0. The number of esters is 1. The van der Waals surface area contributed by atoms with Crippen molar-refractivity contribution in [2.45, 2.75) is 50.1 Å². The molecule has 1 fully saturated rings. The van der Waals surface area contributed by atoms with Crippen molar-refractivity contribution in [3.05, 3.63) is 11.3 Å². The van der Waals surface area contributed by atoms with E-state index in [1.165, 1.54) is 18.7 Å². The number of nitrogens with zero attached hydrogens (tertiary/aromatic N) is 1. The van der Waals surface area contributed by atoms with Crippen molar-refractivity contribution >= 4 is 41.5 Å². The summed E-state index contributed by atoms with van der Waals surface area (Å²) in [5.74, 6) is -3.62. The normalized spacial score (nSPS) is 21.7. The van der Waals surface area contributed by atoms with Crippen LogP contribution in [0.25, 0.3) is 0 Å². The number of unbranched alkanes of at least 4 members (excludes halogenated alkanes) is 1. The molecule has 2 aliphatic rings. The van der Waals surface area contributed by atoms with E-state index in [2.05, 4.69) is 5.32 Å². The lowest BCUT2D eigenvalue weighted by Gasteiger charge is -2.49. The summed E-state index contributed by atoms with van der Waals surface area (Å²) >= 11 is 1.28. The second-order valence-electron chi connectivity index (χ2n) is 6.68. The van der Waals surface area contributed by atoms with Crippen LogP contribution >= 0.6 is 11.8 Å². The number of ether oxygens (including phenoxy) is 1. The third kappa shape index (κ3) is 5.48. The number of rotatable bonds is 10. The lowest BCUT2D eigenvalue weighted by atomic mass is 10.0. The molecule has 2 aliphatic heterocycles. The maximum atomic E-state index is 12.4. The number of thioether (sulfide) groups is 1. The predicted octanol–water partition coefficient (Wildman–Crippen LogP) is -0.740. The Morgan fingerprint density at radius 2 is 2.00 bits per heavy atom. The maximum absolute atomic E-state index is 12.4. The van der Waals surface area contributed by atoms with Gasteiger partial charge in [-0.2, -0.15) is 0 Å². The van der Waals surface area contributed by atoms with E-state index >= 15 is 0 Å². The summed E-state index contributed by atoms with van der Waals surface area (Å²) in [6, 6.07) is -1.81. The van der Waals surface area contributed by atoms with Gasteiger partial charge in [0.05, 0.1) is 0 Å². The number of amides is 2. The maximum Gasteiger partial charge on any atom is 0.352 e. The van der Waals surface area contributed by atoms with Crippen molar-refractivity contribution in [2.75, 3.05) is 12.4 Å². The number of carboxylic acid groups (broad SMARTS) is 2. The molecule has 0 aromatic heterocycles. The van der Waals surface area contributed by atoms with Crippen LogP contribution < -0.4 is 11.1 Å². The molecule has 0 radical (unpaired) electrons. The fraction of sp³-hybridized carbons (Fsp3) is 0.588. The molecule has 11 nitrogen and oxygen atoms in total. The molecule has 2 heterocycles. The first-order valence-electron chi connectivity index (χ1n) is 8.94. The molecule has 0 unspecified atom stereocenters. The molecule has 3 atom stereocenters. The van der Waals surface area contributed by atoms with Gasteiger partial charge in [-0.15, -0.1) is 11.8 Å². The van der Waals surface area contributed by atoms with Gasteiger partial charge in [-0.05, 0) is 12.8 Å². The molecule has 0 bridgehead atoms. The van der Waals surface area contributed by atoms with Crippen molar-refractivity contribution in [2.24, 2.45) is 5.73 Å². The minimum atomic E-state index is -1.30. The van der Waals surface area contributed by atoms with Crippen LogP contribution in [-0.2, 0) is 28.7 Å². The molecule has 5 N–H and O–H groups in total. The highest BCUT2D eigenvalue weighted by Gasteiger charge is 2.54. The molecule has 0 saturated carbocycles. The number of hydrogen-bond acceptors (Lipinski definition) is 8. The Kier molecular flexibility index (Phi) is 7.62. The Bertz CT molecular complexity index is 753. The number of carboxylic acids is 2. The van der Waals surface area contributed by atoms with Gasteiger partial charge < -0.3 is 26.0 Å². The monoisotopic (exact) mass is 429 g/mol. The molecule has 0 aliphatic carbocycles. The van der Waals surface area contributed by atoms with Gasteiger partial charge in [0.15, 0.2) is 0 Å². The Morgan fingerprint density at radius 1 is 1.31 bits per heavy atom. The summed E-state index contributed by atoms with van der Waals surface area (Å²) in [5.41, 5.74) is 5.50. The van der Waals surface area contributed by atoms with E-state index in [-0.39, 0.29) is 36.8 Å². The van der Waals surface area contributed by atoms with E-state index in [0.717, 1.165) is 4.90 Å². The first-order valence-corrected chi connectivity index (χ1v) is 9.99. The van der Waals surface area contributed by atoms with Crippen LogP contribution in [0.3, 0.4) is 0 Å². The lowest BCUT2D eigenvalue weighted by molar-refractivity contribution is -0.151. The first kappa shape index (κ1) is 22.7. The van der Waals surface area contributed by atoms with E-state index in [9.17, 15) is 29.1 Å². The average Bonchev–Trinajstić information content (AvgIpc) is 2.66. The fourth-order valence-corrected chi connectivity index (χ4v) is 4.33. The van der Waals surface area contributed by atoms with E-state index in [0.29, 0.717) is 18.4 Å². The van der Waals surface area contributed by atoms with Crippen molar-refractivity contribution in [1.29, 1.82) is 0 Å². The van der Waals surface area contributed by atoms with Gasteiger partial charge >= 0.3 is 17.9 Å².